The lowest BCUT2D eigenvalue weighted by atomic mass is 10.2. The molecule has 2 aromatic carbocycles. The maximum absolute atomic E-state index is 9.44. The normalized spacial score (nSPS) is 11.2. The molecule has 0 fully saturated rings. The van der Waals surface area contributed by atoms with Gasteiger partial charge in [-0.1, -0.05) is 57.3 Å². The summed E-state index contributed by atoms with van der Waals surface area (Å²) in [5, 5.41) is 15.9. The fourth-order valence-electron chi connectivity index (χ4n) is 2.06. The van der Waals surface area contributed by atoms with Crippen molar-refractivity contribution in [3.05, 3.63) is 73.6 Å². The van der Waals surface area contributed by atoms with Gasteiger partial charge < -0.3 is 5.32 Å². The van der Waals surface area contributed by atoms with E-state index in [9.17, 15) is 5.26 Å². The SMILES string of the molecule is N#CC(=CNc1cccc(Cl)c1Cl)c1nc(-c2ccc(Br)cc2)cs1. The van der Waals surface area contributed by atoms with Crippen LogP contribution >= 0.6 is 50.5 Å². The van der Waals surface area contributed by atoms with Crippen molar-refractivity contribution in [2.24, 2.45) is 0 Å². The van der Waals surface area contributed by atoms with Crippen LogP contribution in [0.3, 0.4) is 0 Å². The Morgan fingerprint density at radius 2 is 1.96 bits per heavy atom. The zero-order chi connectivity index (χ0) is 17.8. The van der Waals surface area contributed by atoms with Crippen LogP contribution in [0.1, 0.15) is 5.01 Å². The molecule has 0 bridgehead atoms. The fraction of sp³-hybridized carbons (Fsp3) is 0. The first-order chi connectivity index (χ1) is 12.1. The van der Waals surface area contributed by atoms with Gasteiger partial charge in [0, 0.05) is 21.6 Å². The van der Waals surface area contributed by atoms with E-state index in [-0.39, 0.29) is 0 Å². The standard InChI is InChI=1S/C18H10BrCl2N3S/c19-13-6-4-11(5-7-13)16-10-25-18(24-16)12(8-22)9-23-15-3-1-2-14(20)17(15)21/h1-7,9-10,23H. The first kappa shape index (κ1) is 18.0. The third-order valence-electron chi connectivity index (χ3n) is 3.32. The van der Waals surface area contributed by atoms with Gasteiger partial charge in [-0.3, -0.25) is 0 Å². The molecule has 1 aromatic heterocycles. The van der Waals surface area contributed by atoms with E-state index in [0.29, 0.717) is 26.3 Å². The molecule has 1 N–H and O–H groups in total. The van der Waals surface area contributed by atoms with Crippen molar-refractivity contribution in [2.75, 3.05) is 5.32 Å². The number of nitrogens with one attached hydrogen (secondary N) is 1. The molecule has 3 nitrogen and oxygen atoms in total. The lowest BCUT2D eigenvalue weighted by Crippen LogP contribution is -1.92. The van der Waals surface area contributed by atoms with Gasteiger partial charge in [-0.15, -0.1) is 11.3 Å². The summed E-state index contributed by atoms with van der Waals surface area (Å²) in [6.07, 6.45) is 1.59. The molecule has 0 aliphatic carbocycles. The molecule has 7 heteroatoms. The van der Waals surface area contributed by atoms with Gasteiger partial charge in [-0.2, -0.15) is 5.26 Å². The zero-order valence-electron chi connectivity index (χ0n) is 12.6. The molecule has 3 aromatic rings. The lowest BCUT2D eigenvalue weighted by molar-refractivity contribution is 1.36. The Labute approximate surface area is 167 Å². The number of aromatic nitrogens is 1. The second-order valence-electron chi connectivity index (χ2n) is 4.96. The lowest BCUT2D eigenvalue weighted by Gasteiger charge is -2.05. The Morgan fingerprint density at radius 1 is 1.20 bits per heavy atom. The third-order valence-corrected chi connectivity index (χ3v) is 5.54. The van der Waals surface area contributed by atoms with Crippen LogP contribution in [-0.2, 0) is 0 Å². The fourth-order valence-corrected chi connectivity index (χ4v) is 3.47. The van der Waals surface area contributed by atoms with E-state index in [1.165, 1.54) is 11.3 Å². The van der Waals surface area contributed by atoms with Crippen LogP contribution in [0.5, 0.6) is 0 Å². The molecular weight excluding hydrogens is 441 g/mol. The predicted octanol–water partition coefficient (Wildman–Crippen LogP) is 6.86. The van der Waals surface area contributed by atoms with Gasteiger partial charge in [0.05, 0.1) is 21.4 Å². The summed E-state index contributed by atoms with van der Waals surface area (Å²) in [6, 6.07) is 15.3. The largest absolute Gasteiger partial charge is 0.359 e. The van der Waals surface area contributed by atoms with Crippen molar-refractivity contribution in [3.63, 3.8) is 0 Å². The highest BCUT2D eigenvalue weighted by molar-refractivity contribution is 9.10. The van der Waals surface area contributed by atoms with Crippen molar-refractivity contribution in [2.45, 2.75) is 0 Å². The summed E-state index contributed by atoms with van der Waals surface area (Å²) in [4.78, 5) is 4.55. The maximum atomic E-state index is 9.44. The number of allylic oxidation sites excluding steroid dienone is 1. The van der Waals surface area contributed by atoms with E-state index in [1.54, 1.807) is 24.4 Å². The quantitative estimate of drug-likeness (QED) is 0.441. The van der Waals surface area contributed by atoms with Gasteiger partial charge in [0.1, 0.15) is 16.6 Å². The average Bonchev–Trinajstić information content (AvgIpc) is 3.09. The first-order valence-corrected chi connectivity index (χ1v) is 9.54. The van der Waals surface area contributed by atoms with Crippen LogP contribution in [-0.4, -0.2) is 4.98 Å². The van der Waals surface area contributed by atoms with Gasteiger partial charge in [0.25, 0.3) is 0 Å². The highest BCUT2D eigenvalue weighted by atomic mass is 79.9. The van der Waals surface area contributed by atoms with E-state index >= 15 is 0 Å². The first-order valence-electron chi connectivity index (χ1n) is 7.11. The highest BCUT2D eigenvalue weighted by Crippen LogP contribution is 2.31. The number of benzene rings is 2. The summed E-state index contributed by atoms with van der Waals surface area (Å²) >= 11 is 17.0. The molecule has 0 spiro atoms. The van der Waals surface area contributed by atoms with Gasteiger partial charge in [0.15, 0.2) is 0 Å². The number of hydrogen-bond donors (Lipinski definition) is 1. The van der Waals surface area contributed by atoms with E-state index < -0.39 is 0 Å². The molecule has 1 heterocycles. The molecule has 0 aliphatic rings. The monoisotopic (exact) mass is 449 g/mol. The van der Waals surface area contributed by atoms with Gasteiger partial charge in [-0.25, -0.2) is 4.98 Å². The van der Waals surface area contributed by atoms with E-state index in [1.807, 2.05) is 29.6 Å². The Balaban J connectivity index is 1.85. The summed E-state index contributed by atoms with van der Waals surface area (Å²) in [5.41, 5.74) is 2.87. The van der Waals surface area contributed by atoms with Crippen molar-refractivity contribution in [3.8, 4) is 17.3 Å². The molecule has 124 valence electrons. The topological polar surface area (TPSA) is 48.7 Å². The van der Waals surface area contributed by atoms with E-state index in [2.05, 4.69) is 32.3 Å². The van der Waals surface area contributed by atoms with Gasteiger partial charge >= 0.3 is 0 Å². The number of halogens is 3. The second-order valence-corrected chi connectivity index (χ2v) is 7.52. The minimum absolute atomic E-state index is 0.410. The Morgan fingerprint density at radius 3 is 2.68 bits per heavy atom. The Hall–Kier alpha value is -1.84. The zero-order valence-corrected chi connectivity index (χ0v) is 16.5. The average molecular weight is 451 g/mol. The summed E-state index contributed by atoms with van der Waals surface area (Å²) in [6.45, 7) is 0. The van der Waals surface area contributed by atoms with Crippen molar-refractivity contribution >= 4 is 61.7 Å². The molecule has 3 rings (SSSR count). The van der Waals surface area contributed by atoms with Crippen molar-refractivity contribution in [1.29, 1.82) is 5.26 Å². The molecule has 0 saturated heterocycles. The number of nitrogens with zero attached hydrogens (tertiary/aromatic N) is 2. The van der Waals surface area contributed by atoms with Crippen LogP contribution < -0.4 is 5.32 Å². The summed E-state index contributed by atoms with van der Waals surface area (Å²) in [7, 11) is 0. The molecular formula is C18H10BrCl2N3S. The Bertz CT molecular complexity index is 975. The van der Waals surface area contributed by atoms with Crippen LogP contribution in [0.2, 0.25) is 10.0 Å². The number of anilines is 1. The minimum Gasteiger partial charge on any atom is -0.359 e. The minimum atomic E-state index is 0.410. The summed E-state index contributed by atoms with van der Waals surface area (Å²) < 4.78 is 1.01. The van der Waals surface area contributed by atoms with Crippen molar-refractivity contribution in [1.82, 2.24) is 4.98 Å². The van der Waals surface area contributed by atoms with Crippen LogP contribution in [0.15, 0.2) is 58.5 Å². The second kappa shape index (κ2) is 8.03. The molecule has 0 radical (unpaired) electrons. The van der Waals surface area contributed by atoms with Crippen LogP contribution in [0, 0.1) is 11.3 Å². The molecule has 0 unspecified atom stereocenters. The number of nitriles is 1. The predicted molar refractivity (Wildman–Crippen MR) is 109 cm³/mol. The Kier molecular flexibility index (Phi) is 5.77. The maximum Gasteiger partial charge on any atom is 0.136 e. The van der Waals surface area contributed by atoms with Gasteiger partial charge in [-0.05, 0) is 24.3 Å². The molecule has 0 atom stereocenters. The van der Waals surface area contributed by atoms with Crippen molar-refractivity contribution < 1.29 is 0 Å². The number of thiazole rings is 1. The van der Waals surface area contributed by atoms with E-state index in [0.717, 1.165) is 15.7 Å². The smallest absolute Gasteiger partial charge is 0.136 e. The van der Waals surface area contributed by atoms with Crippen LogP contribution in [0.25, 0.3) is 16.8 Å². The number of hydrogen-bond acceptors (Lipinski definition) is 4. The summed E-state index contributed by atoms with van der Waals surface area (Å²) in [5.74, 6) is 0. The molecule has 0 saturated carbocycles. The van der Waals surface area contributed by atoms with Gasteiger partial charge in [0.2, 0.25) is 0 Å². The highest BCUT2D eigenvalue weighted by Gasteiger charge is 2.10. The molecule has 25 heavy (non-hydrogen) atoms. The van der Waals surface area contributed by atoms with Crippen LogP contribution in [0.4, 0.5) is 5.69 Å². The third kappa shape index (κ3) is 4.23. The molecule has 0 amide bonds. The number of rotatable bonds is 4. The molecule has 0 aliphatic heterocycles. The van der Waals surface area contributed by atoms with E-state index in [4.69, 9.17) is 23.2 Å².